The summed E-state index contributed by atoms with van der Waals surface area (Å²) in [6.45, 7) is 0. The summed E-state index contributed by atoms with van der Waals surface area (Å²) in [5.41, 5.74) is -0.771. The first-order valence-corrected chi connectivity index (χ1v) is 12.6. The second-order valence-corrected chi connectivity index (χ2v) is 10.1. The second-order valence-electron chi connectivity index (χ2n) is 9.11. The van der Waals surface area contributed by atoms with Gasteiger partial charge in [-0.05, 0) is 44.2 Å². The highest BCUT2D eigenvalue weighted by molar-refractivity contribution is 7.15. The molecule has 0 spiro atoms. The van der Waals surface area contributed by atoms with Gasteiger partial charge in [0.2, 0.25) is 5.95 Å². The van der Waals surface area contributed by atoms with Gasteiger partial charge in [-0.25, -0.2) is 19.7 Å². The topological polar surface area (TPSA) is 112 Å². The third-order valence-electron chi connectivity index (χ3n) is 6.54. The summed E-state index contributed by atoms with van der Waals surface area (Å²) in [6.07, 6.45) is 4.11. The Morgan fingerprint density at radius 2 is 1.89 bits per heavy atom. The van der Waals surface area contributed by atoms with E-state index in [4.69, 9.17) is 0 Å². The molecule has 2 saturated carbocycles. The van der Waals surface area contributed by atoms with Crippen LogP contribution in [-0.4, -0.2) is 32.1 Å². The standard InChI is InChI=1S/C24H25F3N6O2S/c25-24(26,27)18-9-12-28-21(32-18)33-19-15(17-13-29-20(36-17)23(35)10-4-11-23)7-3-8-16(19)31-22(34)30-14-5-1-2-6-14/h3,7-9,12-14,35H,1-2,4-6,10-11H2,(H,28,32,33)(H2,30,31,34). The molecule has 0 bridgehead atoms. The van der Waals surface area contributed by atoms with Crippen molar-refractivity contribution in [1.29, 1.82) is 0 Å². The largest absolute Gasteiger partial charge is 0.433 e. The summed E-state index contributed by atoms with van der Waals surface area (Å²) in [7, 11) is 0. The fourth-order valence-electron chi connectivity index (χ4n) is 4.44. The third-order valence-corrected chi connectivity index (χ3v) is 7.76. The Bertz CT molecular complexity index is 1250. The van der Waals surface area contributed by atoms with E-state index >= 15 is 0 Å². The average Bonchev–Trinajstić information content (AvgIpc) is 3.51. The van der Waals surface area contributed by atoms with Gasteiger partial charge in [0.15, 0.2) is 0 Å². The van der Waals surface area contributed by atoms with Crippen molar-refractivity contribution >= 4 is 34.7 Å². The number of aromatic nitrogens is 3. The molecule has 0 aliphatic heterocycles. The van der Waals surface area contributed by atoms with Crippen LogP contribution in [0.2, 0.25) is 0 Å². The number of aliphatic hydroxyl groups is 1. The van der Waals surface area contributed by atoms with Gasteiger partial charge in [-0.2, -0.15) is 13.2 Å². The molecule has 3 aromatic rings. The van der Waals surface area contributed by atoms with Gasteiger partial charge in [0.25, 0.3) is 0 Å². The molecule has 2 aromatic heterocycles. The number of benzene rings is 1. The van der Waals surface area contributed by atoms with Gasteiger partial charge >= 0.3 is 12.2 Å². The Labute approximate surface area is 209 Å². The number of para-hydroxylation sites is 1. The van der Waals surface area contributed by atoms with Crippen LogP contribution in [0, 0.1) is 0 Å². The smallest absolute Gasteiger partial charge is 0.383 e. The molecule has 36 heavy (non-hydrogen) atoms. The molecule has 4 N–H and O–H groups in total. The minimum absolute atomic E-state index is 0.0867. The summed E-state index contributed by atoms with van der Waals surface area (Å²) >= 11 is 1.30. The van der Waals surface area contributed by atoms with Crippen molar-refractivity contribution < 1.29 is 23.1 Å². The number of hydrogen-bond acceptors (Lipinski definition) is 7. The summed E-state index contributed by atoms with van der Waals surface area (Å²) < 4.78 is 39.7. The third kappa shape index (κ3) is 5.14. The maximum absolute atomic E-state index is 13.2. The zero-order chi connectivity index (χ0) is 25.3. The molecule has 2 fully saturated rings. The van der Waals surface area contributed by atoms with Gasteiger partial charge in [0.05, 0.1) is 16.3 Å². The molecule has 12 heteroatoms. The molecule has 2 amide bonds. The predicted octanol–water partition coefficient (Wildman–Crippen LogP) is 5.80. The Kier molecular flexibility index (Phi) is 6.56. The molecular weight excluding hydrogens is 493 g/mol. The number of amides is 2. The molecular formula is C24H25F3N6O2S. The summed E-state index contributed by atoms with van der Waals surface area (Å²) in [4.78, 5) is 25.4. The maximum Gasteiger partial charge on any atom is 0.433 e. The molecule has 8 nitrogen and oxygen atoms in total. The fraction of sp³-hybridized carbons (Fsp3) is 0.417. The molecule has 0 unspecified atom stereocenters. The number of nitrogens with one attached hydrogen (secondary N) is 3. The molecule has 0 radical (unpaired) electrons. The van der Waals surface area contributed by atoms with Gasteiger partial charge < -0.3 is 21.1 Å². The van der Waals surface area contributed by atoms with E-state index in [2.05, 4.69) is 30.9 Å². The molecule has 2 aliphatic rings. The van der Waals surface area contributed by atoms with Gasteiger partial charge in [0, 0.05) is 24.0 Å². The van der Waals surface area contributed by atoms with Crippen LogP contribution in [0.3, 0.4) is 0 Å². The van der Waals surface area contributed by atoms with Crippen LogP contribution in [0.4, 0.5) is 35.3 Å². The number of anilines is 3. The number of carbonyl (C=O) groups is 1. The summed E-state index contributed by atoms with van der Waals surface area (Å²) in [5.74, 6) is -0.265. The number of hydrogen-bond donors (Lipinski definition) is 4. The van der Waals surface area contributed by atoms with E-state index in [1.807, 2.05) is 0 Å². The lowest BCUT2D eigenvalue weighted by Gasteiger charge is -2.34. The van der Waals surface area contributed by atoms with Crippen molar-refractivity contribution in [2.75, 3.05) is 10.6 Å². The van der Waals surface area contributed by atoms with Gasteiger partial charge in [-0.1, -0.05) is 25.0 Å². The Morgan fingerprint density at radius 1 is 1.11 bits per heavy atom. The first-order chi connectivity index (χ1) is 17.2. The number of carbonyl (C=O) groups excluding carboxylic acids is 1. The zero-order valence-corrected chi connectivity index (χ0v) is 20.0. The van der Waals surface area contributed by atoms with E-state index in [1.165, 1.54) is 11.3 Å². The molecule has 5 rings (SSSR count). The summed E-state index contributed by atoms with van der Waals surface area (Å²) in [5, 5.41) is 19.9. The Morgan fingerprint density at radius 3 is 2.58 bits per heavy atom. The lowest BCUT2D eigenvalue weighted by molar-refractivity contribution is -0.141. The molecule has 1 aromatic carbocycles. The average molecular weight is 519 g/mol. The van der Waals surface area contributed by atoms with Crippen molar-refractivity contribution in [3.63, 3.8) is 0 Å². The number of rotatable bonds is 6. The number of urea groups is 1. The minimum atomic E-state index is -4.63. The molecule has 190 valence electrons. The lowest BCUT2D eigenvalue weighted by Crippen LogP contribution is -2.36. The van der Waals surface area contributed by atoms with E-state index in [0.29, 0.717) is 39.7 Å². The van der Waals surface area contributed by atoms with Crippen LogP contribution in [0.5, 0.6) is 0 Å². The summed E-state index contributed by atoms with van der Waals surface area (Å²) in [6, 6.07) is 5.62. The minimum Gasteiger partial charge on any atom is -0.383 e. The van der Waals surface area contributed by atoms with Crippen LogP contribution in [0.15, 0.2) is 36.7 Å². The quantitative estimate of drug-likeness (QED) is 0.328. The van der Waals surface area contributed by atoms with Gasteiger partial charge in [-0.3, -0.25) is 0 Å². The second kappa shape index (κ2) is 9.66. The van der Waals surface area contributed by atoms with Crippen LogP contribution in [0.1, 0.15) is 55.6 Å². The molecule has 0 atom stereocenters. The van der Waals surface area contributed by atoms with E-state index < -0.39 is 23.5 Å². The van der Waals surface area contributed by atoms with Crippen molar-refractivity contribution in [3.05, 3.63) is 47.4 Å². The molecule has 0 saturated heterocycles. The van der Waals surface area contributed by atoms with Crippen molar-refractivity contribution in [3.8, 4) is 10.4 Å². The number of thiazole rings is 1. The SMILES string of the molecule is O=C(Nc1cccc(-c2cnc(C3(O)CCC3)s2)c1Nc1nccc(C(F)(F)F)n1)NC1CCCC1. The first kappa shape index (κ1) is 24.4. The lowest BCUT2D eigenvalue weighted by atomic mass is 9.81. The maximum atomic E-state index is 13.2. The van der Waals surface area contributed by atoms with Crippen molar-refractivity contribution in [2.24, 2.45) is 0 Å². The Balaban J connectivity index is 1.50. The highest BCUT2D eigenvalue weighted by Crippen LogP contribution is 2.46. The number of nitrogens with zero attached hydrogens (tertiary/aromatic N) is 3. The zero-order valence-electron chi connectivity index (χ0n) is 19.2. The van der Waals surface area contributed by atoms with Gasteiger partial charge in [0.1, 0.15) is 16.3 Å². The van der Waals surface area contributed by atoms with E-state index in [9.17, 15) is 23.1 Å². The van der Waals surface area contributed by atoms with E-state index in [-0.39, 0.29) is 12.0 Å². The monoisotopic (exact) mass is 518 g/mol. The highest BCUT2D eigenvalue weighted by Gasteiger charge is 2.39. The van der Waals surface area contributed by atoms with E-state index in [0.717, 1.165) is 44.4 Å². The highest BCUT2D eigenvalue weighted by atomic mass is 32.1. The van der Waals surface area contributed by atoms with Crippen LogP contribution in [-0.2, 0) is 11.8 Å². The van der Waals surface area contributed by atoms with Crippen molar-refractivity contribution in [1.82, 2.24) is 20.3 Å². The van der Waals surface area contributed by atoms with Crippen molar-refractivity contribution in [2.45, 2.75) is 62.8 Å². The fourth-order valence-corrected chi connectivity index (χ4v) is 5.53. The predicted molar refractivity (Wildman–Crippen MR) is 130 cm³/mol. The van der Waals surface area contributed by atoms with Gasteiger partial charge in [-0.15, -0.1) is 11.3 Å². The number of alkyl halides is 3. The Hall–Kier alpha value is -3.25. The number of halogens is 3. The molecule has 2 heterocycles. The van der Waals surface area contributed by atoms with Crippen LogP contribution >= 0.6 is 11.3 Å². The molecule has 2 aliphatic carbocycles. The van der Waals surface area contributed by atoms with E-state index in [1.54, 1.807) is 24.4 Å². The van der Waals surface area contributed by atoms with Crippen LogP contribution < -0.4 is 16.0 Å². The van der Waals surface area contributed by atoms with Crippen LogP contribution in [0.25, 0.3) is 10.4 Å². The first-order valence-electron chi connectivity index (χ1n) is 11.8. The normalized spacial score (nSPS) is 17.4.